The minimum Gasteiger partial charge on any atom is -0.393 e. The number of aromatic nitrogens is 1. The Morgan fingerprint density at radius 3 is 2.51 bits per heavy atom. The molecule has 6 nitrogen and oxygen atoms in total. The molecule has 2 aliphatic rings. The van der Waals surface area contributed by atoms with Gasteiger partial charge in [-0.2, -0.15) is 0 Å². The number of fused-ring (bicyclic) bond motifs is 3. The van der Waals surface area contributed by atoms with Gasteiger partial charge in [0.15, 0.2) is 0 Å². The summed E-state index contributed by atoms with van der Waals surface area (Å²) in [4.78, 5) is 25.3. The number of aliphatic hydroxyl groups excluding tert-OH is 1. The van der Waals surface area contributed by atoms with Crippen LogP contribution in [-0.2, 0) is 6.42 Å². The van der Waals surface area contributed by atoms with Gasteiger partial charge >= 0.3 is 0 Å². The summed E-state index contributed by atoms with van der Waals surface area (Å²) < 4.78 is 31.1. The fourth-order valence-electron chi connectivity index (χ4n) is 5.65. The van der Waals surface area contributed by atoms with Crippen LogP contribution in [0.15, 0.2) is 30.3 Å². The fraction of sp³-hybridized carbons (Fsp3) is 0.407. The number of primary amides is 1. The zero-order valence-electron chi connectivity index (χ0n) is 19.8. The van der Waals surface area contributed by atoms with Gasteiger partial charge in [-0.25, -0.2) is 8.78 Å². The number of nitrogens with zero attached hydrogens (tertiary/aromatic N) is 1. The van der Waals surface area contributed by atoms with Crippen LogP contribution in [0.3, 0.4) is 0 Å². The van der Waals surface area contributed by atoms with E-state index in [1.807, 2.05) is 13.8 Å². The van der Waals surface area contributed by atoms with Gasteiger partial charge in [-0.15, -0.1) is 0 Å². The standard InChI is InChI=1S/C27H29F2N3O3/c1-27(2)12-22-24(18-8-3-15(28)11-21(18)32(22)23(34)13-27)14-9-19(29)25(26(30)35)20(10-14)31-16-4-6-17(33)7-5-16/h3,8-11,16-17,31,33H,4-7,12-13H2,1-2H3,(H2,30,35)/t16-,17-. The molecule has 1 aromatic heterocycles. The molecule has 4 N–H and O–H groups in total. The molecule has 1 aliphatic carbocycles. The van der Waals surface area contributed by atoms with Crippen molar-refractivity contribution in [1.82, 2.24) is 4.57 Å². The van der Waals surface area contributed by atoms with E-state index in [4.69, 9.17) is 5.73 Å². The van der Waals surface area contributed by atoms with Crippen LogP contribution in [0.5, 0.6) is 0 Å². The fourth-order valence-corrected chi connectivity index (χ4v) is 5.65. The van der Waals surface area contributed by atoms with Gasteiger partial charge < -0.3 is 16.2 Å². The summed E-state index contributed by atoms with van der Waals surface area (Å²) in [6, 6.07) is 7.19. The van der Waals surface area contributed by atoms with Crippen LogP contribution in [0.2, 0.25) is 0 Å². The second kappa shape index (κ2) is 8.45. The Hall–Kier alpha value is -3.26. The second-order valence-electron chi connectivity index (χ2n) is 10.6. The zero-order valence-corrected chi connectivity index (χ0v) is 19.8. The van der Waals surface area contributed by atoms with E-state index in [0.29, 0.717) is 66.2 Å². The SMILES string of the molecule is CC1(C)CC(=O)n2c(c(-c3cc(F)c(C(N)=O)c(N[C@H]4CC[C@H](O)CC4)c3)c3ccc(F)cc32)C1. The van der Waals surface area contributed by atoms with Crippen LogP contribution in [-0.4, -0.2) is 33.6 Å². The number of carbonyl (C=O) groups excluding carboxylic acids is 2. The Bertz CT molecular complexity index is 1350. The average Bonchev–Trinajstić information content (AvgIpc) is 3.06. The van der Waals surface area contributed by atoms with Crippen LogP contribution in [0, 0.1) is 17.0 Å². The lowest BCUT2D eigenvalue weighted by atomic mass is 9.80. The molecule has 0 unspecified atom stereocenters. The van der Waals surface area contributed by atoms with Crippen molar-refractivity contribution in [2.45, 2.75) is 64.5 Å². The van der Waals surface area contributed by atoms with Gasteiger partial charge in [0.05, 0.1) is 22.9 Å². The summed E-state index contributed by atoms with van der Waals surface area (Å²) >= 11 is 0. The maximum Gasteiger partial charge on any atom is 0.253 e. The Labute approximate surface area is 202 Å². The average molecular weight is 482 g/mol. The minimum absolute atomic E-state index is 0.0412. The number of benzene rings is 2. The van der Waals surface area contributed by atoms with E-state index in [-0.39, 0.29) is 34.7 Å². The van der Waals surface area contributed by atoms with Gasteiger partial charge in [0.25, 0.3) is 5.91 Å². The first-order valence-electron chi connectivity index (χ1n) is 12.0. The lowest BCUT2D eigenvalue weighted by Crippen LogP contribution is -2.31. The van der Waals surface area contributed by atoms with E-state index >= 15 is 4.39 Å². The Balaban J connectivity index is 1.71. The predicted octanol–water partition coefficient (Wildman–Crippen LogP) is 5.01. The summed E-state index contributed by atoms with van der Waals surface area (Å²) in [7, 11) is 0. The number of hydrogen-bond acceptors (Lipinski definition) is 4. The van der Waals surface area contributed by atoms with Crippen molar-refractivity contribution in [3.63, 3.8) is 0 Å². The Kier molecular flexibility index (Phi) is 5.67. The van der Waals surface area contributed by atoms with Gasteiger partial charge in [0.1, 0.15) is 11.6 Å². The Morgan fingerprint density at radius 1 is 1.11 bits per heavy atom. The van der Waals surface area contributed by atoms with Crippen LogP contribution < -0.4 is 11.1 Å². The molecule has 0 atom stereocenters. The second-order valence-corrected chi connectivity index (χ2v) is 10.6. The zero-order chi connectivity index (χ0) is 25.1. The van der Waals surface area contributed by atoms with Crippen molar-refractivity contribution in [3.8, 4) is 11.1 Å². The molecule has 3 aromatic rings. The minimum atomic E-state index is -0.880. The molecule has 184 valence electrons. The number of nitrogens with one attached hydrogen (secondary N) is 1. The van der Waals surface area contributed by atoms with Crippen LogP contribution >= 0.6 is 0 Å². The van der Waals surface area contributed by atoms with Crippen molar-refractivity contribution in [2.75, 3.05) is 5.32 Å². The molecule has 0 spiro atoms. The van der Waals surface area contributed by atoms with Crippen molar-refractivity contribution < 1.29 is 23.5 Å². The van der Waals surface area contributed by atoms with Crippen LogP contribution in [0.25, 0.3) is 22.0 Å². The molecule has 35 heavy (non-hydrogen) atoms. The van der Waals surface area contributed by atoms with E-state index in [1.165, 1.54) is 18.2 Å². The van der Waals surface area contributed by atoms with Gasteiger partial charge in [-0.1, -0.05) is 13.8 Å². The summed E-state index contributed by atoms with van der Waals surface area (Å²) in [5.74, 6) is -2.23. The molecule has 8 heteroatoms. The molecule has 0 saturated heterocycles. The van der Waals surface area contributed by atoms with E-state index in [2.05, 4.69) is 5.32 Å². The number of anilines is 1. The number of aliphatic hydroxyl groups is 1. The summed E-state index contributed by atoms with van der Waals surface area (Å²) in [6.45, 7) is 4.00. The quantitative estimate of drug-likeness (QED) is 0.488. The molecule has 1 fully saturated rings. The van der Waals surface area contributed by atoms with Gasteiger partial charge in [0.2, 0.25) is 5.91 Å². The molecule has 0 bridgehead atoms. The molecule has 1 saturated carbocycles. The summed E-state index contributed by atoms with van der Waals surface area (Å²) in [5, 5.41) is 13.7. The third-order valence-corrected chi connectivity index (χ3v) is 7.24. The predicted molar refractivity (Wildman–Crippen MR) is 130 cm³/mol. The largest absolute Gasteiger partial charge is 0.393 e. The maximum atomic E-state index is 15.4. The van der Waals surface area contributed by atoms with E-state index < -0.39 is 17.5 Å². The maximum absolute atomic E-state index is 15.4. The highest BCUT2D eigenvalue weighted by Crippen LogP contribution is 2.44. The lowest BCUT2D eigenvalue weighted by Gasteiger charge is -2.31. The number of carbonyl (C=O) groups is 2. The third-order valence-electron chi connectivity index (χ3n) is 7.24. The third kappa shape index (κ3) is 4.20. The number of nitrogens with two attached hydrogens (primary N) is 1. The molecule has 2 aromatic carbocycles. The highest BCUT2D eigenvalue weighted by Gasteiger charge is 2.35. The van der Waals surface area contributed by atoms with E-state index in [0.717, 1.165) is 0 Å². The van der Waals surface area contributed by atoms with Crippen molar-refractivity contribution in [2.24, 2.45) is 11.1 Å². The number of hydrogen-bond donors (Lipinski definition) is 3. The van der Waals surface area contributed by atoms with Crippen molar-refractivity contribution in [3.05, 3.63) is 53.2 Å². The normalized spacial score (nSPS) is 21.7. The van der Waals surface area contributed by atoms with Crippen LogP contribution in [0.1, 0.15) is 66.8 Å². The number of amides is 1. The van der Waals surface area contributed by atoms with Gasteiger partial charge in [-0.3, -0.25) is 14.2 Å². The molecule has 2 heterocycles. The van der Waals surface area contributed by atoms with Crippen LogP contribution in [0.4, 0.5) is 14.5 Å². The molecule has 1 aliphatic heterocycles. The first-order valence-corrected chi connectivity index (χ1v) is 12.0. The first-order chi connectivity index (χ1) is 16.5. The Morgan fingerprint density at radius 2 is 1.83 bits per heavy atom. The monoisotopic (exact) mass is 481 g/mol. The van der Waals surface area contributed by atoms with Crippen molar-refractivity contribution >= 4 is 28.4 Å². The smallest absolute Gasteiger partial charge is 0.253 e. The molecule has 0 radical (unpaired) electrons. The van der Waals surface area contributed by atoms with Gasteiger partial charge in [-0.05, 0) is 73.4 Å². The molecular formula is C27H29F2N3O3. The lowest BCUT2D eigenvalue weighted by molar-refractivity contribution is 0.0816. The summed E-state index contributed by atoms with van der Waals surface area (Å²) in [5.41, 5.74) is 7.57. The number of halogens is 2. The van der Waals surface area contributed by atoms with E-state index in [9.17, 15) is 19.1 Å². The highest BCUT2D eigenvalue weighted by molar-refractivity contribution is 6.06. The van der Waals surface area contributed by atoms with E-state index in [1.54, 1.807) is 16.7 Å². The molecule has 1 amide bonds. The highest BCUT2D eigenvalue weighted by atomic mass is 19.1. The first kappa shape index (κ1) is 23.5. The molecular weight excluding hydrogens is 452 g/mol. The topological polar surface area (TPSA) is 97.4 Å². The molecule has 5 rings (SSSR count). The number of rotatable bonds is 4. The van der Waals surface area contributed by atoms with Gasteiger partial charge in [0, 0.05) is 29.1 Å². The van der Waals surface area contributed by atoms with Crippen molar-refractivity contribution in [1.29, 1.82) is 0 Å². The summed E-state index contributed by atoms with van der Waals surface area (Å²) in [6.07, 6.45) is 3.10.